The molecule has 0 atom stereocenters. The number of rotatable bonds is 8. The van der Waals surface area contributed by atoms with E-state index in [1.54, 1.807) is 0 Å². The molecule has 0 aromatic heterocycles. The Bertz CT molecular complexity index is 272. The quantitative estimate of drug-likeness (QED) is 0.624. The van der Waals surface area contributed by atoms with Crippen LogP contribution in [0.1, 0.15) is 86.5 Å². The zero-order chi connectivity index (χ0) is 15.9. The van der Waals surface area contributed by atoms with Crippen molar-refractivity contribution in [2.45, 2.75) is 97.6 Å². The summed E-state index contributed by atoms with van der Waals surface area (Å²) in [5.41, 5.74) is 0.265. The Morgan fingerprint density at radius 1 is 1.14 bits per heavy atom. The minimum absolute atomic E-state index is 0.0897. The van der Waals surface area contributed by atoms with Gasteiger partial charge >= 0.3 is 0 Å². The van der Waals surface area contributed by atoms with Crippen LogP contribution in [0.5, 0.6) is 0 Å². The van der Waals surface area contributed by atoms with Gasteiger partial charge < -0.3 is 10.1 Å². The summed E-state index contributed by atoms with van der Waals surface area (Å²) in [6.07, 6.45) is 8.88. The van der Waals surface area contributed by atoms with E-state index in [0.717, 1.165) is 25.0 Å². The molecule has 1 saturated carbocycles. The summed E-state index contributed by atoms with van der Waals surface area (Å²) in [4.78, 5) is 0. The average Bonchev–Trinajstić information content (AvgIpc) is 2.41. The second-order valence-electron chi connectivity index (χ2n) is 8.42. The van der Waals surface area contributed by atoms with Crippen molar-refractivity contribution >= 4 is 0 Å². The monoisotopic (exact) mass is 297 g/mol. The van der Waals surface area contributed by atoms with Crippen molar-refractivity contribution < 1.29 is 4.74 Å². The maximum Gasteiger partial charge on any atom is 0.0806 e. The van der Waals surface area contributed by atoms with Crippen molar-refractivity contribution in [3.63, 3.8) is 0 Å². The number of unbranched alkanes of at least 4 members (excludes halogenated alkanes) is 2. The van der Waals surface area contributed by atoms with Crippen LogP contribution in [0.25, 0.3) is 0 Å². The van der Waals surface area contributed by atoms with Crippen LogP contribution in [0.4, 0.5) is 0 Å². The van der Waals surface area contributed by atoms with Crippen molar-refractivity contribution in [2.24, 2.45) is 11.8 Å². The van der Waals surface area contributed by atoms with Crippen LogP contribution in [-0.4, -0.2) is 24.3 Å². The molecule has 2 heteroatoms. The summed E-state index contributed by atoms with van der Waals surface area (Å²) < 4.78 is 6.43. The Labute approximate surface area is 133 Å². The van der Waals surface area contributed by atoms with E-state index in [4.69, 9.17) is 4.74 Å². The van der Waals surface area contributed by atoms with Crippen LogP contribution in [0.3, 0.4) is 0 Å². The third-order valence-corrected chi connectivity index (χ3v) is 4.98. The van der Waals surface area contributed by atoms with E-state index in [2.05, 4.69) is 46.9 Å². The van der Waals surface area contributed by atoms with Gasteiger partial charge in [-0.2, -0.15) is 0 Å². The molecule has 1 rings (SSSR count). The van der Waals surface area contributed by atoms with Gasteiger partial charge in [0.1, 0.15) is 0 Å². The number of hydrogen-bond acceptors (Lipinski definition) is 2. The number of hydrogen-bond donors (Lipinski definition) is 1. The van der Waals surface area contributed by atoms with E-state index in [-0.39, 0.29) is 11.1 Å². The predicted octanol–water partition coefficient (Wildman–Crippen LogP) is 5.17. The van der Waals surface area contributed by atoms with E-state index in [1.807, 2.05) is 0 Å². The highest BCUT2D eigenvalue weighted by atomic mass is 16.5. The van der Waals surface area contributed by atoms with Crippen molar-refractivity contribution in [1.29, 1.82) is 0 Å². The van der Waals surface area contributed by atoms with Gasteiger partial charge in [-0.25, -0.2) is 0 Å². The molecular weight excluding hydrogens is 258 g/mol. The van der Waals surface area contributed by atoms with Gasteiger partial charge in [-0.1, -0.05) is 33.6 Å². The lowest BCUT2D eigenvalue weighted by molar-refractivity contribution is -0.0831. The van der Waals surface area contributed by atoms with E-state index in [1.165, 1.54) is 44.9 Å². The smallest absolute Gasteiger partial charge is 0.0806 e. The third kappa shape index (κ3) is 7.15. The molecule has 1 fully saturated rings. The second kappa shape index (κ2) is 8.53. The maximum atomic E-state index is 6.43. The first-order chi connectivity index (χ1) is 9.78. The van der Waals surface area contributed by atoms with Gasteiger partial charge in [-0.3, -0.25) is 0 Å². The van der Waals surface area contributed by atoms with Gasteiger partial charge in [-0.15, -0.1) is 0 Å². The molecule has 1 aliphatic rings. The highest BCUT2D eigenvalue weighted by Gasteiger charge is 2.37. The summed E-state index contributed by atoms with van der Waals surface area (Å²) in [7, 11) is 0. The second-order valence-corrected chi connectivity index (χ2v) is 8.42. The fourth-order valence-electron chi connectivity index (χ4n) is 3.27. The molecule has 0 spiro atoms. The van der Waals surface area contributed by atoms with Gasteiger partial charge in [0.05, 0.1) is 5.60 Å². The molecule has 0 heterocycles. The van der Waals surface area contributed by atoms with Gasteiger partial charge in [0.2, 0.25) is 0 Å². The molecule has 126 valence electrons. The Morgan fingerprint density at radius 3 is 2.24 bits per heavy atom. The van der Waals surface area contributed by atoms with Crippen molar-refractivity contribution in [1.82, 2.24) is 5.32 Å². The minimum Gasteiger partial charge on any atom is -0.374 e. The molecular formula is C19H39NO. The Kier molecular flexibility index (Phi) is 7.70. The van der Waals surface area contributed by atoms with Crippen LogP contribution >= 0.6 is 0 Å². The Hall–Kier alpha value is -0.0800. The fraction of sp³-hybridized carbons (Fsp3) is 1.00. The minimum atomic E-state index is 0.0897. The Morgan fingerprint density at radius 2 is 1.76 bits per heavy atom. The maximum absolute atomic E-state index is 6.43. The summed E-state index contributed by atoms with van der Waals surface area (Å²) in [5, 5.41) is 3.69. The van der Waals surface area contributed by atoms with Crippen LogP contribution in [0, 0.1) is 11.8 Å². The van der Waals surface area contributed by atoms with E-state index < -0.39 is 0 Å². The molecule has 2 nitrogen and oxygen atoms in total. The lowest BCUT2D eigenvalue weighted by Gasteiger charge is -2.43. The zero-order valence-electron chi connectivity index (χ0n) is 15.4. The van der Waals surface area contributed by atoms with Gasteiger partial charge in [-0.05, 0) is 64.7 Å². The Balaban J connectivity index is 2.54. The molecule has 0 bridgehead atoms. The topological polar surface area (TPSA) is 21.3 Å². The molecule has 21 heavy (non-hydrogen) atoms. The molecule has 0 aromatic rings. The zero-order valence-corrected chi connectivity index (χ0v) is 15.4. The molecule has 0 radical (unpaired) electrons. The molecule has 0 saturated heterocycles. The normalized spacial score (nSPS) is 27.3. The first-order valence-corrected chi connectivity index (χ1v) is 9.17. The van der Waals surface area contributed by atoms with Crippen molar-refractivity contribution in [2.75, 3.05) is 13.2 Å². The lowest BCUT2D eigenvalue weighted by atomic mass is 9.74. The first-order valence-electron chi connectivity index (χ1n) is 9.17. The summed E-state index contributed by atoms with van der Waals surface area (Å²) >= 11 is 0. The van der Waals surface area contributed by atoms with Crippen LogP contribution in [-0.2, 0) is 4.74 Å². The number of nitrogens with one attached hydrogen (secondary N) is 1. The van der Waals surface area contributed by atoms with Crippen LogP contribution in [0.2, 0.25) is 0 Å². The summed E-state index contributed by atoms with van der Waals surface area (Å²) in [6, 6.07) is 0. The van der Waals surface area contributed by atoms with Crippen LogP contribution in [0.15, 0.2) is 0 Å². The molecule has 0 unspecified atom stereocenters. The molecule has 0 aliphatic heterocycles. The highest BCUT2D eigenvalue weighted by molar-refractivity contribution is 4.91. The highest BCUT2D eigenvalue weighted by Crippen LogP contribution is 2.38. The van der Waals surface area contributed by atoms with Crippen LogP contribution < -0.4 is 5.32 Å². The standard InChI is InChI=1S/C19H39NO/c1-7-8-9-14-21-19(15-20-18(4,5)6)12-10-17(11-13-19)16(2)3/h16-17,20H,7-15H2,1-6H3. The SMILES string of the molecule is CCCCCOC1(CNC(C)(C)C)CCC(C(C)C)CC1. The van der Waals surface area contributed by atoms with Gasteiger partial charge in [0.15, 0.2) is 0 Å². The average molecular weight is 298 g/mol. The molecule has 1 N–H and O–H groups in total. The van der Waals surface area contributed by atoms with E-state index in [0.29, 0.717) is 0 Å². The summed E-state index contributed by atoms with van der Waals surface area (Å²) in [5.74, 6) is 1.71. The van der Waals surface area contributed by atoms with Gasteiger partial charge in [0, 0.05) is 18.7 Å². The summed E-state index contributed by atoms with van der Waals surface area (Å²) in [6.45, 7) is 15.7. The van der Waals surface area contributed by atoms with E-state index >= 15 is 0 Å². The van der Waals surface area contributed by atoms with Crippen molar-refractivity contribution in [3.05, 3.63) is 0 Å². The largest absolute Gasteiger partial charge is 0.374 e. The third-order valence-electron chi connectivity index (χ3n) is 4.98. The fourth-order valence-corrected chi connectivity index (χ4v) is 3.27. The molecule has 0 aromatic carbocycles. The lowest BCUT2D eigenvalue weighted by Crippen LogP contribution is -2.51. The first kappa shape index (κ1) is 19.0. The predicted molar refractivity (Wildman–Crippen MR) is 92.8 cm³/mol. The molecule has 0 amide bonds. The molecule has 1 aliphatic carbocycles. The van der Waals surface area contributed by atoms with E-state index in [9.17, 15) is 0 Å². The number of ether oxygens (including phenoxy) is 1. The van der Waals surface area contributed by atoms with Gasteiger partial charge in [0.25, 0.3) is 0 Å². The van der Waals surface area contributed by atoms with Crippen molar-refractivity contribution in [3.8, 4) is 0 Å².